The average molecular weight is 287 g/mol. The maximum atomic E-state index is 11.4. The molecular weight excluding hydrogens is 266 g/mol. The van der Waals surface area contributed by atoms with Crippen molar-refractivity contribution in [2.75, 3.05) is 7.11 Å². The van der Waals surface area contributed by atoms with E-state index in [9.17, 15) is 4.79 Å². The summed E-state index contributed by atoms with van der Waals surface area (Å²) < 4.78 is 10.1. The highest BCUT2D eigenvalue weighted by Crippen LogP contribution is 2.22. The van der Waals surface area contributed by atoms with Crippen molar-refractivity contribution >= 4 is 5.97 Å². The summed E-state index contributed by atoms with van der Waals surface area (Å²) >= 11 is 0. The van der Waals surface area contributed by atoms with Crippen LogP contribution < -0.4 is 5.32 Å². The first-order valence-corrected chi connectivity index (χ1v) is 7.06. The standard InChI is InChI=1S/C17H21NO3/c1-12(2)16(13-7-5-4-6-8-13)18-10-15-9-14(11-21-15)17(19)20-3/h4-9,11-12,16,18H,10H2,1-3H3. The van der Waals surface area contributed by atoms with E-state index in [0.29, 0.717) is 18.0 Å². The number of hydrogen-bond acceptors (Lipinski definition) is 4. The number of methoxy groups -OCH3 is 1. The Labute approximate surface area is 125 Å². The summed E-state index contributed by atoms with van der Waals surface area (Å²) in [6, 6.07) is 12.2. The van der Waals surface area contributed by atoms with Gasteiger partial charge in [-0.2, -0.15) is 0 Å². The molecule has 0 bridgehead atoms. The van der Waals surface area contributed by atoms with Crippen molar-refractivity contribution in [2.45, 2.75) is 26.4 Å². The molecule has 0 saturated carbocycles. The number of benzene rings is 1. The molecule has 1 atom stereocenters. The Hall–Kier alpha value is -2.07. The molecule has 4 nitrogen and oxygen atoms in total. The minimum Gasteiger partial charge on any atom is -0.467 e. The van der Waals surface area contributed by atoms with E-state index in [2.05, 4.69) is 36.0 Å². The zero-order valence-corrected chi connectivity index (χ0v) is 12.6. The Morgan fingerprint density at radius 2 is 2.00 bits per heavy atom. The van der Waals surface area contributed by atoms with Crippen LogP contribution in [0, 0.1) is 5.92 Å². The number of furan rings is 1. The van der Waals surface area contributed by atoms with Crippen LogP contribution in [-0.2, 0) is 11.3 Å². The molecule has 0 spiro atoms. The second-order valence-electron chi connectivity index (χ2n) is 5.31. The van der Waals surface area contributed by atoms with Crippen molar-refractivity contribution in [1.82, 2.24) is 5.32 Å². The van der Waals surface area contributed by atoms with Crippen LogP contribution in [0.15, 0.2) is 47.1 Å². The average Bonchev–Trinajstić information content (AvgIpc) is 2.96. The fourth-order valence-electron chi connectivity index (χ4n) is 2.31. The van der Waals surface area contributed by atoms with Gasteiger partial charge in [-0.15, -0.1) is 0 Å². The lowest BCUT2D eigenvalue weighted by Crippen LogP contribution is -2.25. The Balaban J connectivity index is 2.02. The van der Waals surface area contributed by atoms with Gasteiger partial charge in [0.05, 0.1) is 19.2 Å². The largest absolute Gasteiger partial charge is 0.467 e. The Kier molecular flexibility index (Phi) is 5.17. The third-order valence-corrected chi connectivity index (χ3v) is 3.40. The Bertz CT molecular complexity index is 575. The molecule has 2 aromatic rings. The van der Waals surface area contributed by atoms with Gasteiger partial charge in [0, 0.05) is 6.04 Å². The molecule has 0 aliphatic carbocycles. The molecule has 0 saturated heterocycles. The number of ether oxygens (including phenoxy) is 1. The van der Waals surface area contributed by atoms with Crippen molar-refractivity contribution < 1.29 is 13.9 Å². The molecule has 1 unspecified atom stereocenters. The van der Waals surface area contributed by atoms with E-state index in [1.54, 1.807) is 6.07 Å². The molecule has 1 aromatic heterocycles. The highest BCUT2D eigenvalue weighted by Gasteiger charge is 2.16. The predicted molar refractivity (Wildman–Crippen MR) is 80.9 cm³/mol. The molecule has 21 heavy (non-hydrogen) atoms. The normalized spacial score (nSPS) is 12.4. The molecule has 1 heterocycles. The maximum absolute atomic E-state index is 11.4. The molecule has 2 rings (SSSR count). The van der Waals surface area contributed by atoms with Gasteiger partial charge in [0.25, 0.3) is 0 Å². The first kappa shape index (κ1) is 15.3. The molecule has 4 heteroatoms. The number of carbonyl (C=O) groups is 1. The summed E-state index contributed by atoms with van der Waals surface area (Å²) in [5.74, 6) is 0.785. The fourth-order valence-corrected chi connectivity index (χ4v) is 2.31. The topological polar surface area (TPSA) is 51.5 Å². The van der Waals surface area contributed by atoms with E-state index in [0.717, 1.165) is 5.76 Å². The molecule has 1 N–H and O–H groups in total. The molecule has 0 fully saturated rings. The second kappa shape index (κ2) is 7.09. The minimum atomic E-state index is -0.381. The zero-order chi connectivity index (χ0) is 15.2. The number of rotatable bonds is 6. The molecule has 0 radical (unpaired) electrons. The van der Waals surface area contributed by atoms with Gasteiger partial charge in [0.1, 0.15) is 12.0 Å². The maximum Gasteiger partial charge on any atom is 0.341 e. The Morgan fingerprint density at radius 3 is 2.62 bits per heavy atom. The lowest BCUT2D eigenvalue weighted by atomic mass is 9.96. The van der Waals surface area contributed by atoms with Crippen LogP contribution in [0.4, 0.5) is 0 Å². The first-order valence-electron chi connectivity index (χ1n) is 7.06. The molecule has 0 aliphatic heterocycles. The van der Waals surface area contributed by atoms with Crippen molar-refractivity contribution in [2.24, 2.45) is 5.92 Å². The smallest absolute Gasteiger partial charge is 0.341 e. The number of hydrogen-bond donors (Lipinski definition) is 1. The summed E-state index contributed by atoms with van der Waals surface area (Å²) in [5, 5.41) is 3.48. The van der Waals surface area contributed by atoms with E-state index >= 15 is 0 Å². The number of carbonyl (C=O) groups excluding carboxylic acids is 1. The fraction of sp³-hybridized carbons (Fsp3) is 0.353. The van der Waals surface area contributed by atoms with E-state index in [4.69, 9.17) is 4.42 Å². The molecule has 0 aliphatic rings. The molecular formula is C17H21NO3. The van der Waals surface area contributed by atoms with Crippen molar-refractivity contribution in [3.8, 4) is 0 Å². The summed E-state index contributed by atoms with van der Waals surface area (Å²) in [5.41, 5.74) is 1.68. The van der Waals surface area contributed by atoms with Crippen LogP contribution in [0.2, 0.25) is 0 Å². The van der Waals surface area contributed by atoms with Crippen molar-refractivity contribution in [3.63, 3.8) is 0 Å². The van der Waals surface area contributed by atoms with Crippen molar-refractivity contribution in [1.29, 1.82) is 0 Å². The van der Waals surface area contributed by atoms with E-state index in [1.165, 1.54) is 18.9 Å². The van der Waals surface area contributed by atoms with Crippen LogP contribution in [0.25, 0.3) is 0 Å². The van der Waals surface area contributed by atoms with Gasteiger partial charge in [-0.25, -0.2) is 4.79 Å². The number of esters is 1. The van der Waals surface area contributed by atoms with Crippen LogP contribution in [0.3, 0.4) is 0 Å². The molecule has 112 valence electrons. The van der Waals surface area contributed by atoms with E-state index < -0.39 is 0 Å². The van der Waals surface area contributed by atoms with Gasteiger partial charge < -0.3 is 14.5 Å². The van der Waals surface area contributed by atoms with Crippen LogP contribution in [-0.4, -0.2) is 13.1 Å². The molecule has 1 aromatic carbocycles. The van der Waals surface area contributed by atoms with Crippen LogP contribution in [0.5, 0.6) is 0 Å². The SMILES string of the molecule is COC(=O)c1coc(CNC(c2ccccc2)C(C)C)c1. The second-order valence-corrected chi connectivity index (χ2v) is 5.31. The zero-order valence-electron chi connectivity index (χ0n) is 12.6. The van der Waals surface area contributed by atoms with Crippen LogP contribution in [0.1, 0.15) is 41.6 Å². The monoisotopic (exact) mass is 287 g/mol. The van der Waals surface area contributed by atoms with Gasteiger partial charge in [-0.05, 0) is 17.5 Å². The van der Waals surface area contributed by atoms with Crippen molar-refractivity contribution in [3.05, 3.63) is 59.5 Å². The van der Waals surface area contributed by atoms with Gasteiger partial charge in [0.2, 0.25) is 0 Å². The lowest BCUT2D eigenvalue weighted by Gasteiger charge is -2.22. The van der Waals surface area contributed by atoms with Crippen LogP contribution >= 0.6 is 0 Å². The first-order chi connectivity index (χ1) is 10.1. The van der Waals surface area contributed by atoms with Gasteiger partial charge in [-0.3, -0.25) is 0 Å². The summed E-state index contributed by atoms with van der Waals surface area (Å²) in [7, 11) is 1.36. The molecule has 0 amide bonds. The highest BCUT2D eigenvalue weighted by molar-refractivity contribution is 5.88. The summed E-state index contributed by atoms with van der Waals surface area (Å²) in [6.45, 7) is 4.91. The lowest BCUT2D eigenvalue weighted by molar-refractivity contribution is 0.0600. The van der Waals surface area contributed by atoms with Gasteiger partial charge >= 0.3 is 5.97 Å². The van der Waals surface area contributed by atoms with Gasteiger partial charge in [-0.1, -0.05) is 44.2 Å². The number of nitrogens with one attached hydrogen (secondary N) is 1. The minimum absolute atomic E-state index is 0.234. The Morgan fingerprint density at radius 1 is 1.29 bits per heavy atom. The van der Waals surface area contributed by atoms with E-state index in [-0.39, 0.29) is 12.0 Å². The van der Waals surface area contributed by atoms with E-state index in [1.807, 2.05) is 18.2 Å². The third-order valence-electron chi connectivity index (χ3n) is 3.40. The summed E-state index contributed by atoms with van der Waals surface area (Å²) in [4.78, 5) is 11.4. The highest BCUT2D eigenvalue weighted by atomic mass is 16.5. The summed E-state index contributed by atoms with van der Waals surface area (Å²) in [6.07, 6.45) is 1.43. The third kappa shape index (κ3) is 3.95. The van der Waals surface area contributed by atoms with Gasteiger partial charge in [0.15, 0.2) is 0 Å². The predicted octanol–water partition coefficient (Wildman–Crippen LogP) is 3.55. The quantitative estimate of drug-likeness (QED) is 0.825.